The van der Waals surface area contributed by atoms with Crippen LogP contribution in [0.4, 0.5) is 0 Å². The second kappa shape index (κ2) is 10.6. The molecule has 0 spiro atoms. The quantitative estimate of drug-likeness (QED) is 0.385. The molecule has 1 aromatic rings. The van der Waals surface area contributed by atoms with Gasteiger partial charge in [-0.15, -0.1) is 0 Å². The fraction of sp³-hybridized carbons (Fsp3) is 0.450. The Labute approximate surface area is 160 Å². The highest BCUT2D eigenvalue weighted by Gasteiger charge is 2.15. The van der Waals surface area contributed by atoms with E-state index in [0.717, 1.165) is 44.3 Å². The summed E-state index contributed by atoms with van der Waals surface area (Å²) in [5.41, 5.74) is 2.13. The summed E-state index contributed by atoms with van der Waals surface area (Å²) in [6.07, 6.45) is 10.9. The summed E-state index contributed by atoms with van der Waals surface area (Å²) in [7, 11) is 0. The van der Waals surface area contributed by atoms with Gasteiger partial charge in [0.1, 0.15) is 0 Å². The molecule has 0 radical (unpaired) electrons. The third-order valence-corrected chi connectivity index (χ3v) is 4.83. The minimum Gasteiger partial charge on any atom is -0.376 e. The SMILES string of the molecule is CC(C=CCCCc1ccc(Cl)c(Cl)c1)=CC(=O)NCC1CCCO1. The first-order valence-electron chi connectivity index (χ1n) is 8.73. The van der Waals surface area contributed by atoms with Gasteiger partial charge in [0, 0.05) is 19.2 Å². The van der Waals surface area contributed by atoms with Crippen molar-refractivity contribution in [3.63, 3.8) is 0 Å². The van der Waals surface area contributed by atoms with E-state index in [0.29, 0.717) is 16.6 Å². The van der Waals surface area contributed by atoms with Crippen molar-refractivity contribution in [3.05, 3.63) is 57.6 Å². The van der Waals surface area contributed by atoms with Gasteiger partial charge >= 0.3 is 0 Å². The molecule has 0 aromatic heterocycles. The number of nitrogens with one attached hydrogen (secondary N) is 1. The van der Waals surface area contributed by atoms with Crippen LogP contribution in [0, 0.1) is 0 Å². The Kier molecular flexibility index (Phi) is 8.53. The number of aryl methyl sites for hydroxylation is 1. The average molecular weight is 382 g/mol. The third-order valence-electron chi connectivity index (χ3n) is 4.09. The summed E-state index contributed by atoms with van der Waals surface area (Å²) in [4.78, 5) is 11.8. The van der Waals surface area contributed by atoms with Gasteiger partial charge in [0.05, 0.1) is 16.1 Å². The predicted molar refractivity (Wildman–Crippen MR) is 104 cm³/mol. The molecule has 0 bridgehead atoms. The van der Waals surface area contributed by atoms with Crippen molar-refractivity contribution in [2.24, 2.45) is 0 Å². The van der Waals surface area contributed by atoms with E-state index in [4.69, 9.17) is 27.9 Å². The van der Waals surface area contributed by atoms with Crippen molar-refractivity contribution in [3.8, 4) is 0 Å². The molecule has 0 saturated carbocycles. The molecule has 3 nitrogen and oxygen atoms in total. The highest BCUT2D eigenvalue weighted by Crippen LogP contribution is 2.23. The number of ether oxygens (including phenoxy) is 1. The van der Waals surface area contributed by atoms with Gasteiger partial charge in [0.25, 0.3) is 0 Å². The average Bonchev–Trinajstić information content (AvgIpc) is 3.09. The number of benzene rings is 1. The third kappa shape index (κ3) is 7.64. The second-order valence-electron chi connectivity index (χ2n) is 6.31. The lowest BCUT2D eigenvalue weighted by molar-refractivity contribution is -0.117. The maximum absolute atomic E-state index is 11.8. The summed E-state index contributed by atoms with van der Waals surface area (Å²) in [6.45, 7) is 3.33. The van der Waals surface area contributed by atoms with E-state index < -0.39 is 0 Å². The topological polar surface area (TPSA) is 38.3 Å². The van der Waals surface area contributed by atoms with E-state index in [-0.39, 0.29) is 12.0 Å². The Morgan fingerprint density at radius 2 is 2.20 bits per heavy atom. The maximum atomic E-state index is 11.8. The Morgan fingerprint density at radius 3 is 2.92 bits per heavy atom. The first-order chi connectivity index (χ1) is 12.0. The number of carbonyl (C=O) groups excluding carboxylic acids is 1. The maximum Gasteiger partial charge on any atom is 0.244 e. The number of unbranched alkanes of at least 4 members (excludes halogenated alkanes) is 1. The van der Waals surface area contributed by atoms with Crippen molar-refractivity contribution < 1.29 is 9.53 Å². The standard InChI is InChI=1S/C20H25Cl2NO2/c1-15(12-20(24)23-14-17-8-5-11-25-17)6-3-2-4-7-16-9-10-18(21)19(22)13-16/h3,6,9-10,12-13,17H,2,4-5,7-8,11,14H2,1H3,(H,23,24). The van der Waals surface area contributed by atoms with E-state index in [2.05, 4.69) is 11.4 Å². The molecule has 5 heteroatoms. The lowest BCUT2D eigenvalue weighted by atomic mass is 10.1. The smallest absolute Gasteiger partial charge is 0.244 e. The number of carbonyl (C=O) groups is 1. The van der Waals surface area contributed by atoms with Crippen molar-refractivity contribution in [2.45, 2.75) is 45.1 Å². The molecule has 1 aliphatic rings. The second-order valence-corrected chi connectivity index (χ2v) is 7.13. The lowest BCUT2D eigenvalue weighted by Gasteiger charge is -2.09. The molecule has 136 valence electrons. The Bertz CT molecular complexity index is 635. The molecule has 1 fully saturated rings. The van der Waals surface area contributed by atoms with E-state index in [1.54, 1.807) is 6.08 Å². The fourth-order valence-electron chi connectivity index (χ4n) is 2.71. The number of hydrogen-bond donors (Lipinski definition) is 1. The first kappa shape index (κ1) is 20.0. The normalized spacial score (nSPS) is 18.0. The summed E-state index contributed by atoms with van der Waals surface area (Å²) >= 11 is 11.9. The fourth-order valence-corrected chi connectivity index (χ4v) is 3.03. The highest BCUT2D eigenvalue weighted by molar-refractivity contribution is 6.42. The van der Waals surface area contributed by atoms with Gasteiger partial charge in [-0.3, -0.25) is 4.79 Å². The van der Waals surface area contributed by atoms with Gasteiger partial charge < -0.3 is 10.1 Å². The molecular formula is C20H25Cl2NO2. The molecule has 0 aliphatic carbocycles. The molecular weight excluding hydrogens is 357 g/mol. The Morgan fingerprint density at radius 1 is 1.36 bits per heavy atom. The van der Waals surface area contributed by atoms with Crippen LogP contribution in [-0.4, -0.2) is 25.2 Å². The van der Waals surface area contributed by atoms with Crippen molar-refractivity contribution in [1.29, 1.82) is 0 Å². The van der Waals surface area contributed by atoms with Gasteiger partial charge in [-0.2, -0.15) is 0 Å². The minimum atomic E-state index is -0.0616. The summed E-state index contributed by atoms with van der Waals surface area (Å²) < 4.78 is 5.49. The largest absolute Gasteiger partial charge is 0.376 e. The van der Waals surface area contributed by atoms with Crippen LogP contribution in [0.15, 0.2) is 42.0 Å². The van der Waals surface area contributed by atoms with Gasteiger partial charge in [-0.25, -0.2) is 0 Å². The molecule has 1 unspecified atom stereocenters. The highest BCUT2D eigenvalue weighted by atomic mass is 35.5. The van der Waals surface area contributed by atoms with Crippen LogP contribution in [0.25, 0.3) is 0 Å². The molecule has 2 rings (SSSR count). The van der Waals surface area contributed by atoms with Crippen LogP contribution in [0.3, 0.4) is 0 Å². The number of rotatable bonds is 8. The lowest BCUT2D eigenvalue weighted by Crippen LogP contribution is -2.30. The van der Waals surface area contributed by atoms with Crippen LogP contribution >= 0.6 is 23.2 Å². The zero-order valence-electron chi connectivity index (χ0n) is 14.6. The molecule has 1 N–H and O–H groups in total. The molecule has 1 atom stereocenters. The van der Waals surface area contributed by atoms with Crippen LogP contribution in [0.1, 0.15) is 38.2 Å². The van der Waals surface area contributed by atoms with Crippen LogP contribution in [0.5, 0.6) is 0 Å². The zero-order valence-corrected chi connectivity index (χ0v) is 16.1. The monoisotopic (exact) mass is 381 g/mol. The van der Waals surface area contributed by atoms with Gasteiger partial charge in [0.15, 0.2) is 0 Å². The van der Waals surface area contributed by atoms with Crippen molar-refractivity contribution in [2.75, 3.05) is 13.2 Å². The van der Waals surface area contributed by atoms with Gasteiger partial charge in [0.2, 0.25) is 5.91 Å². The van der Waals surface area contributed by atoms with E-state index in [1.165, 1.54) is 5.56 Å². The first-order valence-corrected chi connectivity index (χ1v) is 9.48. The molecule has 1 saturated heterocycles. The predicted octanol–water partition coefficient (Wildman–Crippen LogP) is 5.11. The number of hydrogen-bond acceptors (Lipinski definition) is 2. The molecule has 25 heavy (non-hydrogen) atoms. The van der Waals surface area contributed by atoms with E-state index >= 15 is 0 Å². The van der Waals surface area contributed by atoms with E-state index in [1.807, 2.05) is 31.2 Å². The Balaban J connectivity index is 1.65. The van der Waals surface area contributed by atoms with Crippen LogP contribution in [-0.2, 0) is 16.0 Å². The van der Waals surface area contributed by atoms with Gasteiger partial charge in [-0.1, -0.05) is 41.4 Å². The molecule has 1 aromatic carbocycles. The van der Waals surface area contributed by atoms with Crippen molar-refractivity contribution in [1.82, 2.24) is 5.32 Å². The van der Waals surface area contributed by atoms with Crippen molar-refractivity contribution >= 4 is 29.1 Å². The minimum absolute atomic E-state index is 0.0616. The number of allylic oxidation sites excluding steroid dienone is 3. The number of halogens is 2. The summed E-state index contributed by atoms with van der Waals surface area (Å²) in [6, 6.07) is 5.75. The Hall–Kier alpha value is -1.29. The van der Waals surface area contributed by atoms with Crippen LogP contribution in [0.2, 0.25) is 10.0 Å². The van der Waals surface area contributed by atoms with E-state index in [9.17, 15) is 4.79 Å². The van der Waals surface area contributed by atoms with Gasteiger partial charge in [-0.05, 0) is 62.3 Å². The van der Waals surface area contributed by atoms with Crippen LogP contribution < -0.4 is 5.32 Å². The molecule has 1 heterocycles. The molecule has 1 aliphatic heterocycles. The number of amides is 1. The summed E-state index contributed by atoms with van der Waals surface area (Å²) in [5, 5.41) is 4.08. The summed E-state index contributed by atoms with van der Waals surface area (Å²) in [5.74, 6) is -0.0616. The molecule has 1 amide bonds. The zero-order chi connectivity index (χ0) is 18.1.